The van der Waals surface area contributed by atoms with E-state index in [0.717, 1.165) is 24.2 Å². The highest BCUT2D eigenvalue weighted by atomic mass is 16.6. The Morgan fingerprint density at radius 3 is 2.50 bits per heavy atom. The van der Waals surface area contributed by atoms with E-state index in [2.05, 4.69) is 12.1 Å². The first-order valence-electron chi connectivity index (χ1n) is 7.69. The summed E-state index contributed by atoms with van der Waals surface area (Å²) in [5, 5.41) is 0. The molecule has 0 saturated carbocycles. The van der Waals surface area contributed by atoms with Crippen LogP contribution in [0.15, 0.2) is 29.8 Å². The maximum atomic E-state index is 12.0. The average molecular weight is 303 g/mol. The summed E-state index contributed by atoms with van der Waals surface area (Å²) in [4.78, 5) is 13.8. The Balaban J connectivity index is 1.94. The summed E-state index contributed by atoms with van der Waals surface area (Å²) in [7, 11) is 1.67. The van der Waals surface area contributed by atoms with Gasteiger partial charge in [0.2, 0.25) is 0 Å². The number of hydrogen-bond donors (Lipinski definition) is 0. The lowest BCUT2D eigenvalue weighted by Gasteiger charge is -2.31. The van der Waals surface area contributed by atoms with Crippen LogP contribution in [0, 0.1) is 0 Å². The third-order valence-electron chi connectivity index (χ3n) is 3.52. The maximum Gasteiger partial charge on any atom is 0.410 e. The molecule has 1 fully saturated rings. The van der Waals surface area contributed by atoms with Crippen molar-refractivity contribution in [3.63, 3.8) is 0 Å². The number of piperidine rings is 1. The molecular formula is C18H25NO3. The molecule has 2 rings (SSSR count). The van der Waals surface area contributed by atoms with Crippen molar-refractivity contribution in [3.8, 4) is 5.75 Å². The second-order valence-electron chi connectivity index (χ2n) is 6.55. The molecule has 0 bridgehead atoms. The molecule has 0 N–H and O–H groups in total. The molecule has 1 saturated heterocycles. The molecule has 0 radical (unpaired) electrons. The van der Waals surface area contributed by atoms with Crippen LogP contribution < -0.4 is 4.74 Å². The van der Waals surface area contributed by atoms with E-state index in [-0.39, 0.29) is 6.09 Å². The Bertz CT molecular complexity index is 548. The number of hydrogen-bond acceptors (Lipinski definition) is 3. The number of carbonyl (C=O) groups is 1. The molecule has 1 amide bonds. The molecule has 1 heterocycles. The van der Waals surface area contributed by atoms with E-state index in [4.69, 9.17) is 9.47 Å². The van der Waals surface area contributed by atoms with Gasteiger partial charge in [0.15, 0.2) is 0 Å². The van der Waals surface area contributed by atoms with E-state index in [9.17, 15) is 4.79 Å². The van der Waals surface area contributed by atoms with Gasteiger partial charge in [-0.1, -0.05) is 23.8 Å². The molecule has 0 atom stereocenters. The molecular weight excluding hydrogens is 278 g/mol. The third-order valence-corrected chi connectivity index (χ3v) is 3.52. The number of rotatable bonds is 2. The SMILES string of the molecule is COc1cccc(C=C2CCN(C(=O)OC(C)(C)C)CC2)c1. The highest BCUT2D eigenvalue weighted by molar-refractivity contribution is 5.68. The minimum Gasteiger partial charge on any atom is -0.497 e. The monoisotopic (exact) mass is 303 g/mol. The second-order valence-corrected chi connectivity index (χ2v) is 6.55. The zero-order valence-electron chi connectivity index (χ0n) is 13.9. The van der Waals surface area contributed by atoms with Gasteiger partial charge < -0.3 is 14.4 Å². The van der Waals surface area contributed by atoms with Crippen LogP contribution >= 0.6 is 0 Å². The van der Waals surface area contributed by atoms with Crippen LogP contribution in [0.2, 0.25) is 0 Å². The van der Waals surface area contributed by atoms with Crippen LogP contribution in [0.5, 0.6) is 5.75 Å². The topological polar surface area (TPSA) is 38.8 Å². The van der Waals surface area contributed by atoms with Gasteiger partial charge in [-0.15, -0.1) is 0 Å². The molecule has 0 spiro atoms. The molecule has 1 aromatic carbocycles. The van der Waals surface area contributed by atoms with Gasteiger partial charge in [0.05, 0.1) is 7.11 Å². The fourth-order valence-electron chi connectivity index (χ4n) is 2.41. The highest BCUT2D eigenvalue weighted by Crippen LogP contribution is 2.22. The van der Waals surface area contributed by atoms with Crippen molar-refractivity contribution in [2.75, 3.05) is 20.2 Å². The lowest BCUT2D eigenvalue weighted by molar-refractivity contribution is 0.0237. The van der Waals surface area contributed by atoms with Gasteiger partial charge in [-0.2, -0.15) is 0 Å². The summed E-state index contributed by atoms with van der Waals surface area (Å²) in [5.41, 5.74) is 2.06. The fraction of sp³-hybridized carbons (Fsp3) is 0.500. The standard InChI is InChI=1S/C18H25NO3/c1-18(2,3)22-17(20)19-10-8-14(9-11-19)12-15-6-5-7-16(13-15)21-4/h5-7,12-13H,8-11H2,1-4H3. The number of benzene rings is 1. The summed E-state index contributed by atoms with van der Waals surface area (Å²) < 4.78 is 10.7. The zero-order chi connectivity index (χ0) is 16.2. The Kier molecular flexibility index (Phi) is 5.11. The number of ether oxygens (including phenoxy) is 2. The first-order valence-corrected chi connectivity index (χ1v) is 7.69. The zero-order valence-corrected chi connectivity index (χ0v) is 13.9. The summed E-state index contributed by atoms with van der Waals surface area (Å²) in [6.45, 7) is 7.10. The molecule has 4 nitrogen and oxygen atoms in total. The second kappa shape index (κ2) is 6.86. The van der Waals surface area contributed by atoms with Gasteiger partial charge in [-0.25, -0.2) is 4.79 Å². The average Bonchev–Trinajstić information content (AvgIpc) is 2.46. The Morgan fingerprint density at radius 1 is 1.23 bits per heavy atom. The van der Waals surface area contributed by atoms with Crippen molar-refractivity contribution in [1.29, 1.82) is 0 Å². The minimum atomic E-state index is -0.437. The molecule has 120 valence electrons. The Morgan fingerprint density at radius 2 is 1.91 bits per heavy atom. The van der Waals surface area contributed by atoms with E-state index < -0.39 is 5.60 Å². The third kappa shape index (κ3) is 4.79. The molecule has 1 aliphatic rings. The van der Waals surface area contributed by atoms with Gasteiger partial charge in [0.1, 0.15) is 11.4 Å². The predicted octanol–water partition coefficient (Wildman–Crippen LogP) is 4.11. The molecule has 1 aromatic rings. The van der Waals surface area contributed by atoms with Crippen molar-refractivity contribution in [1.82, 2.24) is 4.90 Å². The van der Waals surface area contributed by atoms with Crippen molar-refractivity contribution in [2.45, 2.75) is 39.2 Å². The van der Waals surface area contributed by atoms with Gasteiger partial charge in [0, 0.05) is 13.1 Å². The summed E-state index contributed by atoms with van der Waals surface area (Å²) >= 11 is 0. The van der Waals surface area contributed by atoms with Crippen molar-refractivity contribution in [3.05, 3.63) is 35.4 Å². The van der Waals surface area contributed by atoms with E-state index in [1.54, 1.807) is 12.0 Å². The van der Waals surface area contributed by atoms with Crippen LogP contribution in [-0.4, -0.2) is 36.8 Å². The lowest BCUT2D eigenvalue weighted by Crippen LogP contribution is -2.40. The first-order chi connectivity index (χ1) is 10.4. The minimum absolute atomic E-state index is 0.215. The van der Waals surface area contributed by atoms with Crippen LogP contribution in [0.25, 0.3) is 6.08 Å². The van der Waals surface area contributed by atoms with E-state index in [1.807, 2.05) is 39.0 Å². The Labute approximate surface area is 132 Å². The van der Waals surface area contributed by atoms with Gasteiger partial charge >= 0.3 is 6.09 Å². The summed E-state index contributed by atoms with van der Waals surface area (Å²) in [6, 6.07) is 8.01. The largest absolute Gasteiger partial charge is 0.497 e. The Hall–Kier alpha value is -1.97. The quantitative estimate of drug-likeness (QED) is 0.825. The normalized spacial score (nSPS) is 15.5. The van der Waals surface area contributed by atoms with E-state index >= 15 is 0 Å². The van der Waals surface area contributed by atoms with Gasteiger partial charge in [-0.3, -0.25) is 0 Å². The number of amides is 1. The maximum absolute atomic E-state index is 12.0. The van der Waals surface area contributed by atoms with Crippen molar-refractivity contribution < 1.29 is 14.3 Å². The molecule has 0 aliphatic carbocycles. The van der Waals surface area contributed by atoms with Crippen molar-refractivity contribution in [2.24, 2.45) is 0 Å². The fourth-order valence-corrected chi connectivity index (χ4v) is 2.41. The van der Waals surface area contributed by atoms with Crippen LogP contribution in [0.4, 0.5) is 4.79 Å². The number of methoxy groups -OCH3 is 1. The van der Waals surface area contributed by atoms with Crippen LogP contribution in [-0.2, 0) is 4.74 Å². The molecule has 22 heavy (non-hydrogen) atoms. The number of carbonyl (C=O) groups excluding carboxylic acids is 1. The number of likely N-dealkylation sites (tertiary alicyclic amines) is 1. The van der Waals surface area contributed by atoms with E-state index in [0.29, 0.717) is 13.1 Å². The molecule has 4 heteroatoms. The van der Waals surface area contributed by atoms with E-state index in [1.165, 1.54) is 5.57 Å². The molecule has 1 aliphatic heterocycles. The van der Waals surface area contributed by atoms with Crippen LogP contribution in [0.1, 0.15) is 39.2 Å². The summed E-state index contributed by atoms with van der Waals surface area (Å²) in [5.74, 6) is 0.862. The number of nitrogens with zero attached hydrogens (tertiary/aromatic N) is 1. The van der Waals surface area contributed by atoms with Gasteiger partial charge in [-0.05, 0) is 51.3 Å². The highest BCUT2D eigenvalue weighted by Gasteiger charge is 2.24. The molecule has 0 unspecified atom stereocenters. The summed E-state index contributed by atoms with van der Waals surface area (Å²) in [6.07, 6.45) is 3.75. The van der Waals surface area contributed by atoms with Gasteiger partial charge in [0.25, 0.3) is 0 Å². The van der Waals surface area contributed by atoms with Crippen molar-refractivity contribution >= 4 is 12.2 Å². The smallest absolute Gasteiger partial charge is 0.410 e. The van der Waals surface area contributed by atoms with Crippen LogP contribution in [0.3, 0.4) is 0 Å². The molecule has 0 aromatic heterocycles. The lowest BCUT2D eigenvalue weighted by atomic mass is 10.0. The predicted molar refractivity (Wildman–Crippen MR) is 88.0 cm³/mol. The first kappa shape index (κ1) is 16.4.